The molecule has 0 aromatic heterocycles. The fourth-order valence-corrected chi connectivity index (χ4v) is 4.04. The van der Waals surface area contributed by atoms with Crippen LogP contribution in [-0.4, -0.2) is 31.3 Å². The Kier molecular flexibility index (Phi) is 5.85. The quantitative estimate of drug-likeness (QED) is 0.747. The van der Waals surface area contributed by atoms with E-state index in [1.54, 1.807) is 12.1 Å². The van der Waals surface area contributed by atoms with Crippen molar-refractivity contribution in [2.45, 2.75) is 50.7 Å². The minimum Gasteiger partial charge on any atom is -0.370 e. The van der Waals surface area contributed by atoms with Crippen LogP contribution in [0.2, 0.25) is 5.02 Å². The molecule has 0 spiro atoms. The van der Waals surface area contributed by atoms with Gasteiger partial charge in [0.05, 0.1) is 17.3 Å². The highest BCUT2D eigenvalue weighted by atomic mass is 35.5. The first kappa shape index (κ1) is 19.1. The number of hydrogen-bond acceptors (Lipinski definition) is 2. The summed E-state index contributed by atoms with van der Waals surface area (Å²) in [5.41, 5.74) is 1.37. The van der Waals surface area contributed by atoms with Crippen molar-refractivity contribution in [1.29, 1.82) is 0 Å². The number of urea groups is 1. The molecule has 0 radical (unpaired) electrons. The number of rotatable bonds is 3. The van der Waals surface area contributed by atoms with Crippen LogP contribution >= 0.6 is 11.6 Å². The summed E-state index contributed by atoms with van der Waals surface area (Å²) in [4.78, 5) is 14.5. The van der Waals surface area contributed by atoms with E-state index in [0.717, 1.165) is 31.6 Å². The lowest BCUT2D eigenvalue weighted by atomic mass is 9.84. The number of alkyl halides is 3. The third kappa shape index (κ3) is 4.55. The first-order chi connectivity index (χ1) is 12.3. The van der Waals surface area contributed by atoms with Crippen LogP contribution in [0.3, 0.4) is 0 Å². The maximum absolute atomic E-state index is 13.2. The second-order valence-corrected chi connectivity index (χ2v) is 7.43. The van der Waals surface area contributed by atoms with E-state index in [-0.39, 0.29) is 6.42 Å². The lowest BCUT2D eigenvalue weighted by Crippen LogP contribution is -2.49. The number of carbonyl (C=O) groups excluding carboxylic acids is 1. The number of anilines is 2. The van der Waals surface area contributed by atoms with E-state index in [4.69, 9.17) is 11.6 Å². The van der Waals surface area contributed by atoms with E-state index in [1.165, 1.54) is 0 Å². The molecule has 1 aromatic carbocycles. The molecule has 3 rings (SSSR count). The Hall–Kier alpha value is -1.63. The van der Waals surface area contributed by atoms with Crippen LogP contribution in [0.25, 0.3) is 0 Å². The Bertz CT molecular complexity index is 647. The highest BCUT2D eigenvalue weighted by Gasteiger charge is 2.46. The maximum atomic E-state index is 13.2. The van der Waals surface area contributed by atoms with E-state index in [9.17, 15) is 18.0 Å². The van der Waals surface area contributed by atoms with E-state index in [0.29, 0.717) is 30.0 Å². The third-order valence-corrected chi connectivity index (χ3v) is 5.39. The van der Waals surface area contributed by atoms with Crippen LogP contribution in [0.5, 0.6) is 0 Å². The smallest absolute Gasteiger partial charge is 0.370 e. The number of hydrogen-bond donors (Lipinski definition) is 2. The van der Waals surface area contributed by atoms with Gasteiger partial charge < -0.3 is 15.5 Å². The third-order valence-electron chi connectivity index (χ3n) is 5.16. The molecular formula is C18H23ClF3N3O. The average Bonchev–Trinajstić information content (AvgIpc) is 3.08. The molecule has 1 aliphatic carbocycles. The molecule has 26 heavy (non-hydrogen) atoms. The summed E-state index contributed by atoms with van der Waals surface area (Å²) in [6.45, 7) is 1.77. The molecule has 2 N–H and O–H groups in total. The normalized spacial score (nSPS) is 23.8. The molecule has 1 heterocycles. The number of nitrogens with one attached hydrogen (secondary N) is 2. The van der Waals surface area contributed by atoms with Gasteiger partial charge in [0.15, 0.2) is 0 Å². The van der Waals surface area contributed by atoms with Gasteiger partial charge in [-0.1, -0.05) is 24.4 Å². The second-order valence-electron chi connectivity index (χ2n) is 6.99. The highest BCUT2D eigenvalue weighted by Crippen LogP contribution is 2.38. The summed E-state index contributed by atoms with van der Waals surface area (Å²) >= 11 is 6.04. The SMILES string of the molecule is O=C(Nc1cc(Cl)ccc1N1CCCC1)NC1CCCCC1C(F)(F)F. The van der Waals surface area contributed by atoms with Gasteiger partial charge >= 0.3 is 12.2 Å². The molecule has 2 fully saturated rings. The van der Waals surface area contributed by atoms with Crippen LogP contribution in [0.1, 0.15) is 38.5 Å². The number of nitrogens with zero attached hydrogens (tertiary/aromatic N) is 1. The lowest BCUT2D eigenvalue weighted by molar-refractivity contribution is -0.187. The molecule has 0 bridgehead atoms. The Balaban J connectivity index is 1.70. The summed E-state index contributed by atoms with van der Waals surface area (Å²) in [6, 6.07) is 3.71. The van der Waals surface area contributed by atoms with Crippen molar-refractivity contribution in [2.75, 3.05) is 23.3 Å². The summed E-state index contributed by atoms with van der Waals surface area (Å²) in [5, 5.41) is 5.70. The molecule has 2 amide bonds. The molecule has 1 aliphatic heterocycles. The monoisotopic (exact) mass is 389 g/mol. The minimum atomic E-state index is -4.30. The van der Waals surface area contributed by atoms with Gasteiger partial charge in [0.25, 0.3) is 0 Å². The van der Waals surface area contributed by atoms with Crippen molar-refractivity contribution in [3.05, 3.63) is 23.2 Å². The zero-order valence-electron chi connectivity index (χ0n) is 14.4. The number of halogens is 4. The molecule has 144 valence electrons. The fourth-order valence-electron chi connectivity index (χ4n) is 3.86. The van der Waals surface area contributed by atoms with Gasteiger partial charge in [-0.15, -0.1) is 0 Å². The van der Waals surface area contributed by atoms with Crippen LogP contribution in [-0.2, 0) is 0 Å². The van der Waals surface area contributed by atoms with Gasteiger partial charge in [-0.05, 0) is 43.9 Å². The zero-order valence-corrected chi connectivity index (χ0v) is 15.2. The molecule has 4 nitrogen and oxygen atoms in total. The van der Waals surface area contributed by atoms with Crippen LogP contribution < -0.4 is 15.5 Å². The molecule has 1 aromatic rings. The van der Waals surface area contributed by atoms with Crippen molar-refractivity contribution < 1.29 is 18.0 Å². The lowest BCUT2D eigenvalue weighted by Gasteiger charge is -2.33. The van der Waals surface area contributed by atoms with E-state index in [1.807, 2.05) is 6.07 Å². The number of benzene rings is 1. The van der Waals surface area contributed by atoms with Crippen LogP contribution in [0.15, 0.2) is 18.2 Å². The maximum Gasteiger partial charge on any atom is 0.393 e. The van der Waals surface area contributed by atoms with Gasteiger partial charge in [-0.25, -0.2) is 4.79 Å². The average molecular weight is 390 g/mol. The first-order valence-corrected chi connectivity index (χ1v) is 9.41. The molecule has 2 atom stereocenters. The molecule has 1 saturated heterocycles. The van der Waals surface area contributed by atoms with Gasteiger partial charge in [0.1, 0.15) is 0 Å². The number of amides is 2. The van der Waals surface area contributed by atoms with Gasteiger partial charge in [-0.3, -0.25) is 0 Å². The molecule has 1 saturated carbocycles. The standard InChI is InChI=1S/C18H23ClF3N3O/c19-12-7-8-16(25-9-3-4-10-25)15(11-12)24-17(26)23-14-6-2-1-5-13(14)18(20,21)22/h7-8,11,13-14H,1-6,9-10H2,(H2,23,24,26). The summed E-state index contributed by atoms with van der Waals surface area (Å²) in [7, 11) is 0. The zero-order chi connectivity index (χ0) is 18.7. The summed E-state index contributed by atoms with van der Waals surface area (Å²) < 4.78 is 39.6. The van der Waals surface area contributed by atoms with Gasteiger partial charge in [0, 0.05) is 24.2 Å². The predicted molar refractivity (Wildman–Crippen MR) is 96.9 cm³/mol. The Morgan fingerprint density at radius 3 is 2.50 bits per heavy atom. The van der Waals surface area contributed by atoms with Crippen LogP contribution in [0.4, 0.5) is 29.3 Å². The molecule has 8 heteroatoms. The minimum absolute atomic E-state index is 0.0602. The largest absolute Gasteiger partial charge is 0.393 e. The predicted octanol–water partition coefficient (Wildman–Crippen LogP) is 5.18. The van der Waals surface area contributed by atoms with Crippen molar-refractivity contribution in [3.8, 4) is 0 Å². The molecule has 2 unspecified atom stereocenters. The van der Waals surface area contributed by atoms with E-state index in [2.05, 4.69) is 15.5 Å². The highest BCUT2D eigenvalue weighted by molar-refractivity contribution is 6.31. The topological polar surface area (TPSA) is 44.4 Å². The molecular weight excluding hydrogens is 367 g/mol. The van der Waals surface area contributed by atoms with Crippen molar-refractivity contribution >= 4 is 29.0 Å². The van der Waals surface area contributed by atoms with E-state index >= 15 is 0 Å². The second kappa shape index (κ2) is 7.94. The Morgan fingerprint density at radius 2 is 1.81 bits per heavy atom. The Labute approximate surface area is 156 Å². The number of carbonyl (C=O) groups is 1. The van der Waals surface area contributed by atoms with Crippen molar-refractivity contribution in [1.82, 2.24) is 5.32 Å². The van der Waals surface area contributed by atoms with Crippen molar-refractivity contribution in [2.24, 2.45) is 5.92 Å². The van der Waals surface area contributed by atoms with Crippen molar-refractivity contribution in [3.63, 3.8) is 0 Å². The van der Waals surface area contributed by atoms with Gasteiger partial charge in [0.2, 0.25) is 0 Å². The Morgan fingerprint density at radius 1 is 1.12 bits per heavy atom. The van der Waals surface area contributed by atoms with E-state index < -0.39 is 24.2 Å². The first-order valence-electron chi connectivity index (χ1n) is 9.03. The molecule has 2 aliphatic rings. The van der Waals surface area contributed by atoms with Crippen LogP contribution in [0, 0.1) is 5.92 Å². The summed E-state index contributed by atoms with van der Waals surface area (Å²) in [5.74, 6) is -1.49. The summed E-state index contributed by atoms with van der Waals surface area (Å²) in [6.07, 6.45) is -0.524. The fraction of sp³-hybridized carbons (Fsp3) is 0.611. The van der Waals surface area contributed by atoms with Gasteiger partial charge in [-0.2, -0.15) is 13.2 Å².